The van der Waals surface area contributed by atoms with Crippen molar-refractivity contribution in [2.24, 2.45) is 5.90 Å². The van der Waals surface area contributed by atoms with Gasteiger partial charge in [0.05, 0.1) is 13.2 Å². The van der Waals surface area contributed by atoms with E-state index in [1.807, 2.05) is 24.3 Å². The molecule has 1 heterocycles. The molecule has 12 nitrogen and oxygen atoms in total. The number of benzene rings is 4. The molecule has 0 unspecified atom stereocenters. The van der Waals surface area contributed by atoms with E-state index in [1.54, 1.807) is 0 Å². The average Bonchev–Trinajstić information content (AvgIpc) is 3.77. The Kier molecular flexibility index (Phi) is 63.2. The first-order valence-electron chi connectivity index (χ1n) is 29.6. The number of hydrogen-bond acceptors (Lipinski definition) is 11. The van der Waals surface area contributed by atoms with Gasteiger partial charge in [0.1, 0.15) is 0 Å². The second-order valence-corrected chi connectivity index (χ2v) is 20.2. The molecule has 1 saturated heterocycles. The first-order chi connectivity index (χ1) is 40.4. The van der Waals surface area contributed by atoms with E-state index in [9.17, 15) is 14.4 Å². The third kappa shape index (κ3) is 56.4. The van der Waals surface area contributed by atoms with Crippen molar-refractivity contribution in [1.82, 2.24) is 9.80 Å². The monoisotopic (exact) mass is 1180 g/mol. The summed E-state index contributed by atoms with van der Waals surface area (Å²) in [7, 11) is 8.28. The lowest BCUT2D eigenvalue weighted by molar-refractivity contribution is -0.143. The molecule has 0 aliphatic carbocycles. The molecular formula is C71H107ClN3O9-5. The number of rotatable bonds is 27. The molecule has 0 atom stereocenters. The molecule has 84 heavy (non-hydrogen) atoms. The Morgan fingerprint density at radius 1 is 0.560 bits per heavy atom. The lowest BCUT2D eigenvalue weighted by Crippen LogP contribution is -2.10. The number of unbranched alkanes of at least 4 members (excludes halogenated alkanes) is 12. The van der Waals surface area contributed by atoms with Crippen LogP contribution in [-0.2, 0) is 49.4 Å². The van der Waals surface area contributed by atoms with Crippen LogP contribution in [0.4, 0.5) is 0 Å². The maximum Gasteiger partial charge on any atom is 0.305 e. The normalized spacial score (nSPS) is 10.7. The number of nitrogens with two attached hydrogens (primary N) is 1. The van der Waals surface area contributed by atoms with Crippen LogP contribution in [0.5, 0.6) is 0 Å². The average molecular weight is 1180 g/mol. The van der Waals surface area contributed by atoms with Crippen molar-refractivity contribution in [1.29, 1.82) is 0 Å². The Morgan fingerprint density at radius 3 is 1.21 bits per heavy atom. The minimum absolute atomic E-state index is 0.0255. The predicted octanol–water partition coefficient (Wildman–Crippen LogP) is 17.2. The Balaban J connectivity index is -0.000000462. The van der Waals surface area contributed by atoms with E-state index in [4.69, 9.17) is 61.3 Å². The van der Waals surface area contributed by atoms with E-state index in [1.165, 1.54) is 117 Å². The number of aliphatic hydroxyl groups excluding tert-OH is 2. The highest BCUT2D eigenvalue weighted by molar-refractivity contribution is 6.17. The fourth-order valence-corrected chi connectivity index (χ4v) is 7.37. The zero-order valence-corrected chi connectivity index (χ0v) is 53.3. The van der Waals surface area contributed by atoms with E-state index in [-0.39, 0.29) is 31.4 Å². The Labute approximate surface area is 514 Å². The van der Waals surface area contributed by atoms with Gasteiger partial charge in [-0.15, -0.1) is 11.6 Å². The van der Waals surface area contributed by atoms with Crippen LogP contribution in [-0.4, -0.2) is 89.6 Å². The number of carbonyl (C=O) groups is 3. The van der Waals surface area contributed by atoms with Gasteiger partial charge in [0.15, 0.2) is 5.97 Å². The minimum Gasteiger partial charge on any atom is -0.630 e. The highest BCUT2D eigenvalue weighted by Gasteiger charge is 2.06. The van der Waals surface area contributed by atoms with Gasteiger partial charge >= 0.3 is 11.9 Å². The van der Waals surface area contributed by atoms with Gasteiger partial charge in [-0.05, 0) is 105 Å². The molecule has 13 heteroatoms. The summed E-state index contributed by atoms with van der Waals surface area (Å²) in [6.45, 7) is 35.7. The number of hydrogen-bond donors (Lipinski definition) is 5. The molecule has 1 fully saturated rings. The van der Waals surface area contributed by atoms with E-state index < -0.39 is 11.9 Å². The van der Waals surface area contributed by atoms with E-state index in [0.29, 0.717) is 31.7 Å². The first kappa shape index (κ1) is 84.3. The van der Waals surface area contributed by atoms with Crippen LogP contribution in [0.25, 0.3) is 22.3 Å². The Hall–Kier alpha value is -6.12. The van der Waals surface area contributed by atoms with Gasteiger partial charge in [-0.25, -0.2) is 11.7 Å². The van der Waals surface area contributed by atoms with Crippen molar-refractivity contribution in [3.63, 3.8) is 0 Å². The highest BCUT2D eigenvalue weighted by atomic mass is 35.5. The second-order valence-electron chi connectivity index (χ2n) is 19.9. The van der Waals surface area contributed by atoms with Crippen molar-refractivity contribution in [2.75, 3.05) is 41.4 Å². The standard InChI is InChI=1S/C19H20NO2.C16H18ClN.2C8H18.C6H12O3.C6H10O2.C4H4O.C4H4.H3NO/c1-4-19(21)22-14-16-7-11-18(12-8-16)17-9-5-15(6-10-17)13-20(2)3;1-18(2)12-14-5-9-16(10-6-14)15-7-3-13(11-17)4-8-15;2*1-3-5-7-8-6-4-2;7-5-3-1-2-4-6(8)9;7-6-4-2-1-3-5-8-6;1-3-4(2)5;1-3-4-2;1-2/h1,4-12H,13-14H2,2-3H3;3-10H,11-12H2,1-2H3;2*3-8H2,1-2H3;7H,1-5H2,(H,8,9);1-5H2;1-3,5H;1-4H;2H,1H2/q-1;;;;;;2*-2;. The molecule has 1 aliphatic rings. The number of aliphatic hydroxyl groups is 2. The first-order valence-corrected chi connectivity index (χ1v) is 30.1. The molecule has 472 valence electrons. The van der Waals surface area contributed by atoms with Crippen molar-refractivity contribution >= 4 is 29.5 Å². The molecule has 0 amide bonds. The number of alkyl halides is 1. The molecule has 4 aromatic rings. The van der Waals surface area contributed by atoms with Gasteiger partial charge < -0.3 is 89.1 Å². The van der Waals surface area contributed by atoms with Crippen LogP contribution in [0.1, 0.15) is 178 Å². The molecule has 6 N–H and O–H groups in total. The van der Waals surface area contributed by atoms with E-state index in [0.717, 1.165) is 67.6 Å². The number of cyclic esters (lactones) is 1. The number of carboxylic acid groups (broad SMARTS) is 1. The lowest BCUT2D eigenvalue weighted by Gasteiger charge is -2.11. The van der Waals surface area contributed by atoms with E-state index >= 15 is 0 Å². The molecule has 4 aromatic carbocycles. The van der Waals surface area contributed by atoms with Crippen molar-refractivity contribution in [3.8, 4) is 22.3 Å². The third-order valence-corrected chi connectivity index (χ3v) is 12.0. The summed E-state index contributed by atoms with van der Waals surface area (Å²) in [4.78, 5) is 35.6. The number of allylic oxidation sites excluding steroid dienone is 3. The summed E-state index contributed by atoms with van der Waals surface area (Å²) in [6, 6.07) is 33.6. The van der Waals surface area contributed by atoms with Gasteiger partial charge in [0.25, 0.3) is 0 Å². The summed E-state index contributed by atoms with van der Waals surface area (Å²) in [5, 5.41) is 30.8. The molecule has 0 spiro atoms. The maximum absolute atomic E-state index is 11.0. The number of carbonyl (C=O) groups excluding carboxylic acids is 2. The second kappa shape index (κ2) is 62.9. The number of nitrogens with zero attached hydrogens (tertiary/aromatic N) is 2. The number of ether oxygens (including phenoxy) is 2. The van der Waals surface area contributed by atoms with Crippen LogP contribution >= 0.6 is 11.6 Å². The topological polar surface area (TPSA) is 183 Å². The summed E-state index contributed by atoms with van der Waals surface area (Å²) >= 11 is 5.79. The highest BCUT2D eigenvalue weighted by Crippen LogP contribution is 2.23. The Morgan fingerprint density at radius 2 is 0.917 bits per heavy atom. The fourth-order valence-electron chi connectivity index (χ4n) is 7.20. The third-order valence-electron chi connectivity index (χ3n) is 11.7. The molecule has 0 saturated carbocycles. The summed E-state index contributed by atoms with van der Waals surface area (Å²) in [5.41, 5.74) is 9.50. The molecule has 1 aliphatic heterocycles. The van der Waals surface area contributed by atoms with Gasteiger partial charge in [0, 0.05) is 38.4 Å². The SMILES string of the molecule is CCCCCCCC.CCCCCCCC.CN(C)Cc1ccc(-c2ccc(CCl)cc2)cc1.NO.O=C(O)CCCCCO.O=C1CCCCCO1.[CH-]=CC(=O)OCc1ccc(-c2ccc(CN(C)C)cc2)cc1.[CH-]=CC(=[CH-])O.[CH-]=CC=[CH-]. The summed E-state index contributed by atoms with van der Waals surface area (Å²) in [5.74, 6) is 2.43. The number of aliphatic carboxylic acids is 1. The van der Waals surface area contributed by atoms with Crippen molar-refractivity contribution in [2.45, 2.75) is 182 Å². The molecule has 0 bridgehead atoms. The van der Waals surface area contributed by atoms with Crippen LogP contribution in [0.2, 0.25) is 0 Å². The molecule has 0 radical (unpaired) electrons. The lowest BCUT2D eigenvalue weighted by atomic mass is 10.0. The molecular weight excluding hydrogens is 1070 g/mol. The number of halogens is 1. The fraction of sp³-hybridized carbons (Fsp3) is 0.479. The predicted molar refractivity (Wildman–Crippen MR) is 351 cm³/mol. The number of esters is 2. The van der Waals surface area contributed by atoms with Gasteiger partial charge in [-0.2, -0.15) is 6.08 Å². The molecule has 5 rings (SSSR count). The van der Waals surface area contributed by atoms with Crippen molar-refractivity contribution < 1.29 is 44.4 Å². The summed E-state index contributed by atoms with van der Waals surface area (Å²) in [6.07, 6.45) is 27.6. The zero-order chi connectivity index (χ0) is 64.0. The maximum atomic E-state index is 11.0. The van der Waals surface area contributed by atoms with Crippen LogP contribution < -0.4 is 5.90 Å². The Bertz CT molecular complexity index is 2160. The smallest absolute Gasteiger partial charge is 0.305 e. The zero-order valence-electron chi connectivity index (χ0n) is 52.5. The largest absolute Gasteiger partial charge is 0.630 e. The minimum atomic E-state index is -0.757. The summed E-state index contributed by atoms with van der Waals surface area (Å²) < 4.78 is 9.72. The van der Waals surface area contributed by atoms with Crippen LogP contribution in [0.15, 0.2) is 127 Å². The van der Waals surface area contributed by atoms with Crippen LogP contribution in [0.3, 0.4) is 0 Å². The van der Waals surface area contributed by atoms with Gasteiger partial charge in [0.2, 0.25) is 0 Å². The van der Waals surface area contributed by atoms with Crippen molar-refractivity contribution in [3.05, 3.63) is 182 Å². The number of carboxylic acids is 1. The van der Waals surface area contributed by atoms with Gasteiger partial charge in [-0.3, -0.25) is 16.2 Å². The van der Waals surface area contributed by atoms with Gasteiger partial charge in [-0.1, -0.05) is 208 Å². The van der Waals surface area contributed by atoms with Crippen LogP contribution in [0, 0.1) is 32.9 Å². The quantitative estimate of drug-likeness (QED) is 0.00558. The van der Waals surface area contributed by atoms with E-state index in [2.05, 4.69) is 158 Å². The molecule has 0 aromatic heterocycles.